The SMILES string of the molecule is COC(=O)/C=C(\C(=O)OCc1ccccc1)S(=O)c1ccc(C)cc1. The smallest absolute Gasteiger partial charge is 0.348 e. The first-order valence-electron chi connectivity index (χ1n) is 7.50. The monoisotopic (exact) mass is 358 g/mol. The summed E-state index contributed by atoms with van der Waals surface area (Å²) >= 11 is 0. The van der Waals surface area contributed by atoms with Gasteiger partial charge in [-0.05, 0) is 24.6 Å². The minimum Gasteiger partial charge on any atom is -0.466 e. The van der Waals surface area contributed by atoms with Crippen LogP contribution in [0, 0.1) is 6.92 Å². The maximum absolute atomic E-state index is 12.7. The molecule has 0 heterocycles. The predicted octanol–water partition coefficient (Wildman–Crippen LogP) is 2.90. The van der Waals surface area contributed by atoms with Gasteiger partial charge in [0.15, 0.2) is 0 Å². The van der Waals surface area contributed by atoms with Crippen molar-refractivity contribution >= 4 is 22.7 Å². The minimum absolute atomic E-state index is 0.0171. The van der Waals surface area contributed by atoms with Crippen molar-refractivity contribution < 1.29 is 23.3 Å². The van der Waals surface area contributed by atoms with Crippen LogP contribution in [0.15, 0.2) is 70.5 Å². The van der Waals surface area contributed by atoms with E-state index in [9.17, 15) is 13.8 Å². The van der Waals surface area contributed by atoms with E-state index in [4.69, 9.17) is 4.74 Å². The van der Waals surface area contributed by atoms with Crippen molar-refractivity contribution in [3.05, 3.63) is 76.7 Å². The maximum Gasteiger partial charge on any atom is 0.348 e. The van der Waals surface area contributed by atoms with Crippen molar-refractivity contribution in [3.63, 3.8) is 0 Å². The Bertz CT molecular complexity index is 794. The molecule has 0 aliphatic heterocycles. The second-order valence-corrected chi connectivity index (χ2v) is 6.62. The summed E-state index contributed by atoms with van der Waals surface area (Å²) in [5.41, 5.74) is 1.78. The molecule has 0 bridgehead atoms. The van der Waals surface area contributed by atoms with Crippen LogP contribution in [-0.2, 0) is 36.5 Å². The average molecular weight is 358 g/mol. The number of carbonyl (C=O) groups excluding carboxylic acids is 2. The van der Waals surface area contributed by atoms with Gasteiger partial charge in [-0.3, -0.25) is 0 Å². The molecule has 0 aliphatic carbocycles. The number of carbonyl (C=O) groups is 2. The van der Waals surface area contributed by atoms with Crippen LogP contribution in [0.1, 0.15) is 11.1 Å². The molecule has 0 aromatic heterocycles. The van der Waals surface area contributed by atoms with E-state index in [1.165, 1.54) is 7.11 Å². The zero-order chi connectivity index (χ0) is 18.2. The molecule has 0 N–H and O–H groups in total. The van der Waals surface area contributed by atoms with Gasteiger partial charge in [0.2, 0.25) is 0 Å². The predicted molar refractivity (Wildman–Crippen MR) is 93.9 cm³/mol. The summed E-state index contributed by atoms with van der Waals surface area (Å²) in [5, 5.41) is 0. The van der Waals surface area contributed by atoms with Gasteiger partial charge in [-0.1, -0.05) is 48.0 Å². The Kier molecular flexibility index (Phi) is 6.65. The summed E-state index contributed by atoms with van der Waals surface area (Å²) in [4.78, 5) is 24.1. The first kappa shape index (κ1) is 18.6. The van der Waals surface area contributed by atoms with Crippen LogP contribution in [0.25, 0.3) is 0 Å². The molecular formula is C19H18O5S. The third kappa shape index (κ3) is 5.39. The topological polar surface area (TPSA) is 69.7 Å². The number of hydrogen-bond acceptors (Lipinski definition) is 5. The molecule has 0 aliphatic rings. The normalized spacial score (nSPS) is 12.3. The first-order chi connectivity index (χ1) is 12.0. The molecule has 1 unspecified atom stereocenters. The lowest BCUT2D eigenvalue weighted by Crippen LogP contribution is -2.14. The summed E-state index contributed by atoms with van der Waals surface area (Å²) in [7, 11) is -0.673. The molecule has 0 saturated heterocycles. The van der Waals surface area contributed by atoms with Gasteiger partial charge in [-0.2, -0.15) is 0 Å². The summed E-state index contributed by atoms with van der Waals surface area (Å²) in [5.74, 6) is -1.60. The molecule has 6 heteroatoms. The fourth-order valence-corrected chi connectivity index (χ4v) is 2.99. The van der Waals surface area contributed by atoms with Gasteiger partial charge in [-0.15, -0.1) is 0 Å². The summed E-state index contributed by atoms with van der Waals surface area (Å²) in [6, 6.07) is 15.9. The van der Waals surface area contributed by atoms with Gasteiger partial charge >= 0.3 is 11.9 Å². The fraction of sp³-hybridized carbons (Fsp3) is 0.158. The lowest BCUT2D eigenvalue weighted by Gasteiger charge is -2.09. The molecule has 0 spiro atoms. The molecule has 2 aromatic rings. The number of ether oxygens (including phenoxy) is 2. The molecule has 0 saturated carbocycles. The number of esters is 2. The van der Waals surface area contributed by atoms with E-state index in [1.54, 1.807) is 36.4 Å². The number of methoxy groups -OCH3 is 1. The van der Waals surface area contributed by atoms with E-state index >= 15 is 0 Å². The Morgan fingerprint density at radius 1 is 1.04 bits per heavy atom. The first-order valence-corrected chi connectivity index (χ1v) is 8.65. The Hall–Kier alpha value is -2.73. The number of aryl methyl sites for hydroxylation is 1. The molecule has 25 heavy (non-hydrogen) atoms. The molecule has 130 valence electrons. The molecule has 2 rings (SSSR count). The van der Waals surface area contributed by atoms with Crippen LogP contribution in [0.4, 0.5) is 0 Å². The van der Waals surface area contributed by atoms with Crippen molar-refractivity contribution in [2.75, 3.05) is 7.11 Å². The van der Waals surface area contributed by atoms with Gasteiger partial charge in [-0.25, -0.2) is 13.8 Å². The standard InChI is InChI=1S/C19H18O5S/c1-14-8-10-16(11-9-14)25(22)17(12-18(20)23-2)19(21)24-13-15-6-4-3-5-7-15/h3-12H,13H2,1-2H3/b17-12+. The van der Waals surface area contributed by atoms with Gasteiger partial charge in [0.1, 0.15) is 11.5 Å². The lowest BCUT2D eigenvalue weighted by atomic mass is 10.2. The number of hydrogen-bond donors (Lipinski definition) is 0. The average Bonchev–Trinajstić information content (AvgIpc) is 2.64. The molecule has 0 fully saturated rings. The van der Waals surface area contributed by atoms with E-state index in [1.807, 2.05) is 25.1 Å². The zero-order valence-electron chi connectivity index (χ0n) is 13.9. The summed E-state index contributed by atoms with van der Waals surface area (Å²) in [6.45, 7) is 1.91. The van der Waals surface area contributed by atoms with Crippen LogP contribution in [-0.4, -0.2) is 23.3 Å². The number of rotatable bonds is 6. The van der Waals surface area contributed by atoms with Crippen LogP contribution in [0.5, 0.6) is 0 Å². The van der Waals surface area contributed by atoms with Gasteiger partial charge in [0.05, 0.1) is 17.9 Å². The lowest BCUT2D eigenvalue weighted by molar-refractivity contribution is -0.140. The number of benzene rings is 2. The Labute approximate surface area is 148 Å². The zero-order valence-corrected chi connectivity index (χ0v) is 14.7. The molecule has 0 radical (unpaired) electrons. The van der Waals surface area contributed by atoms with E-state index in [2.05, 4.69) is 4.74 Å². The van der Waals surface area contributed by atoms with Crippen molar-refractivity contribution in [1.29, 1.82) is 0 Å². The Morgan fingerprint density at radius 2 is 1.68 bits per heavy atom. The highest BCUT2D eigenvalue weighted by molar-refractivity contribution is 7.90. The second-order valence-electron chi connectivity index (χ2n) is 5.18. The molecular weight excluding hydrogens is 340 g/mol. The highest BCUT2D eigenvalue weighted by Crippen LogP contribution is 2.17. The van der Waals surface area contributed by atoms with Crippen LogP contribution in [0.3, 0.4) is 0 Å². The van der Waals surface area contributed by atoms with Crippen molar-refractivity contribution in [2.24, 2.45) is 0 Å². The van der Waals surface area contributed by atoms with E-state index in [0.717, 1.165) is 17.2 Å². The Balaban J connectivity index is 2.21. The second kappa shape index (κ2) is 8.94. The third-order valence-corrected chi connectivity index (χ3v) is 4.68. The summed E-state index contributed by atoms with van der Waals surface area (Å²) in [6.07, 6.45) is 0.906. The van der Waals surface area contributed by atoms with Crippen molar-refractivity contribution in [3.8, 4) is 0 Å². The van der Waals surface area contributed by atoms with Crippen molar-refractivity contribution in [1.82, 2.24) is 0 Å². The fourth-order valence-electron chi connectivity index (χ4n) is 1.94. The van der Waals surface area contributed by atoms with Gasteiger partial charge in [0, 0.05) is 11.0 Å². The molecule has 1 atom stereocenters. The van der Waals surface area contributed by atoms with E-state index < -0.39 is 22.7 Å². The van der Waals surface area contributed by atoms with Crippen LogP contribution in [0.2, 0.25) is 0 Å². The van der Waals surface area contributed by atoms with Gasteiger partial charge < -0.3 is 9.47 Å². The molecule has 2 aromatic carbocycles. The van der Waals surface area contributed by atoms with Crippen LogP contribution >= 0.6 is 0 Å². The minimum atomic E-state index is -1.85. The van der Waals surface area contributed by atoms with E-state index in [-0.39, 0.29) is 11.5 Å². The maximum atomic E-state index is 12.7. The third-order valence-electron chi connectivity index (χ3n) is 3.30. The molecule has 0 amide bonds. The van der Waals surface area contributed by atoms with Gasteiger partial charge in [0.25, 0.3) is 0 Å². The Morgan fingerprint density at radius 3 is 2.28 bits per heavy atom. The van der Waals surface area contributed by atoms with Crippen LogP contribution < -0.4 is 0 Å². The van der Waals surface area contributed by atoms with E-state index in [0.29, 0.717) is 4.90 Å². The largest absolute Gasteiger partial charge is 0.466 e. The quantitative estimate of drug-likeness (QED) is 0.587. The summed E-state index contributed by atoms with van der Waals surface area (Å²) < 4.78 is 22.4. The highest BCUT2D eigenvalue weighted by atomic mass is 32.2. The highest BCUT2D eigenvalue weighted by Gasteiger charge is 2.22. The molecule has 5 nitrogen and oxygen atoms in total. The van der Waals surface area contributed by atoms with Crippen molar-refractivity contribution in [2.45, 2.75) is 18.4 Å².